The molecule has 7 rings (SSSR count). The molecule has 226 valence electrons. The highest BCUT2D eigenvalue weighted by Crippen LogP contribution is 2.79. The molecule has 3 saturated carbocycles. The fraction of sp³-hybridized carbons (Fsp3) is 0.613. The van der Waals surface area contributed by atoms with Crippen LogP contribution in [0.1, 0.15) is 37.7 Å². The Morgan fingerprint density at radius 1 is 1.12 bits per heavy atom. The third-order valence-electron chi connectivity index (χ3n) is 11.5. The summed E-state index contributed by atoms with van der Waals surface area (Å²) >= 11 is 17.6. The molecule has 4 bridgehead atoms. The van der Waals surface area contributed by atoms with E-state index < -0.39 is 21.7 Å². The van der Waals surface area contributed by atoms with E-state index in [0.717, 1.165) is 18.6 Å². The Kier molecular flexibility index (Phi) is 6.66. The minimum Gasteiger partial charge on any atom is -0.497 e. The van der Waals surface area contributed by atoms with Gasteiger partial charge in [-0.1, -0.05) is 71.2 Å². The highest BCUT2D eigenvalue weighted by Gasteiger charge is 2.79. The van der Waals surface area contributed by atoms with Crippen LogP contribution in [0, 0.1) is 34.5 Å². The maximum Gasteiger partial charge on any atom is 0.410 e. The Morgan fingerprint density at radius 3 is 2.60 bits per heavy atom. The summed E-state index contributed by atoms with van der Waals surface area (Å²) in [6.45, 7) is 0.422. The number of hydrogen-bond acceptors (Lipinski definition) is 4. The predicted molar refractivity (Wildman–Crippen MR) is 154 cm³/mol. The van der Waals surface area contributed by atoms with Crippen LogP contribution in [0.25, 0.3) is 0 Å². The lowest BCUT2D eigenvalue weighted by molar-refractivity contribution is -0.212. The third-order valence-corrected chi connectivity index (χ3v) is 11.8. The maximum absolute atomic E-state index is 15.8. The molecule has 2 heterocycles. The first-order chi connectivity index (χ1) is 19.9. The van der Waals surface area contributed by atoms with Crippen molar-refractivity contribution in [2.45, 2.75) is 53.9 Å². The Hall–Kier alpha value is -2.03. The van der Waals surface area contributed by atoms with Gasteiger partial charge in [-0.2, -0.15) is 8.78 Å². The molecule has 42 heavy (non-hydrogen) atoms. The van der Waals surface area contributed by atoms with Gasteiger partial charge in [-0.15, -0.1) is 0 Å². The van der Waals surface area contributed by atoms with Gasteiger partial charge in [-0.3, -0.25) is 4.79 Å². The number of likely N-dealkylation sites (tertiary alicyclic amines) is 2. The second kappa shape index (κ2) is 9.73. The topological polar surface area (TPSA) is 59.1 Å². The second-order valence-electron chi connectivity index (χ2n) is 12.9. The summed E-state index contributed by atoms with van der Waals surface area (Å²) in [6, 6.07) is 7.02. The number of rotatable bonds is 4. The lowest BCUT2D eigenvalue weighted by Crippen LogP contribution is -2.72. The van der Waals surface area contributed by atoms with E-state index in [1.54, 1.807) is 13.2 Å². The number of carbonyl (C=O) groups excluding carboxylic acids is 2. The Morgan fingerprint density at radius 2 is 1.88 bits per heavy atom. The number of allylic oxidation sites excluding steroid dienone is 3. The van der Waals surface area contributed by atoms with Gasteiger partial charge in [-0.25, -0.2) is 4.79 Å². The molecule has 6 nitrogen and oxygen atoms in total. The first-order valence-electron chi connectivity index (χ1n) is 14.6. The van der Waals surface area contributed by atoms with E-state index in [4.69, 9.17) is 44.3 Å². The van der Waals surface area contributed by atoms with E-state index in [1.165, 1.54) is 29.2 Å². The quantitative estimate of drug-likeness (QED) is 0.343. The summed E-state index contributed by atoms with van der Waals surface area (Å²) in [6.07, 6.45) is 9.29. The molecule has 2 aliphatic heterocycles. The molecule has 1 aromatic carbocycles. The summed E-state index contributed by atoms with van der Waals surface area (Å²) in [4.78, 5) is 30.4. The molecule has 5 fully saturated rings. The van der Waals surface area contributed by atoms with Gasteiger partial charge < -0.3 is 19.3 Å². The summed E-state index contributed by atoms with van der Waals surface area (Å²) < 4.78 is 41.0. The van der Waals surface area contributed by atoms with E-state index in [-0.39, 0.29) is 65.3 Å². The molecule has 1 aromatic rings. The number of amides is 2. The number of carbonyl (C=O) groups is 2. The van der Waals surface area contributed by atoms with Crippen LogP contribution in [-0.2, 0) is 20.2 Å². The summed E-state index contributed by atoms with van der Waals surface area (Å²) in [7, 11) is 1.66. The predicted octanol–water partition coefficient (Wildman–Crippen LogP) is 6.71. The van der Waals surface area contributed by atoms with Crippen molar-refractivity contribution in [1.29, 1.82) is 0 Å². The minimum absolute atomic E-state index is 0.0637. The highest BCUT2D eigenvalue weighted by molar-refractivity contribution is 6.67. The monoisotopic (exact) mass is 640 g/mol. The molecular weight excluding hydrogens is 609 g/mol. The average Bonchev–Trinajstić information content (AvgIpc) is 3.42. The standard InChI is InChI=1S/C31H33Cl3F2N2O4/c1-41-21-8-7-18-13-24-28-10-9-23-25(19(15-28)16-38(23)27(40)42-17-30(32,33)34)29(28,22(18)14-21)11-12-37(24)26(39)31(35,36)20-5-3-2-4-6-20/h2-8,14,18-19,22-25H,9-13,15-17H2,1H3/t18?,19-,22?,23?,24?,25?,28?,29?/m1/s1. The number of hydrogen-bond donors (Lipinski definition) is 0. The number of methoxy groups -OCH3 is 1. The molecule has 6 aliphatic rings. The minimum atomic E-state index is -3.62. The molecule has 11 heteroatoms. The largest absolute Gasteiger partial charge is 0.497 e. The highest BCUT2D eigenvalue weighted by atomic mass is 35.6. The second-order valence-corrected chi connectivity index (χ2v) is 15.4. The molecule has 4 aliphatic carbocycles. The molecule has 0 spiro atoms. The Balaban J connectivity index is 1.27. The van der Waals surface area contributed by atoms with Crippen molar-refractivity contribution in [3.8, 4) is 0 Å². The van der Waals surface area contributed by atoms with E-state index >= 15 is 8.78 Å². The van der Waals surface area contributed by atoms with Crippen LogP contribution in [-0.4, -0.2) is 64.5 Å². The van der Waals surface area contributed by atoms with Crippen molar-refractivity contribution in [2.75, 3.05) is 26.8 Å². The smallest absolute Gasteiger partial charge is 0.410 e. The van der Waals surface area contributed by atoms with Crippen LogP contribution in [0.2, 0.25) is 0 Å². The molecular formula is C31H33Cl3F2N2O4. The lowest BCUT2D eigenvalue weighted by atomic mass is 9.39. The first-order valence-corrected chi connectivity index (χ1v) is 15.7. The maximum atomic E-state index is 15.8. The summed E-state index contributed by atoms with van der Waals surface area (Å²) in [5, 5.41) is 0. The zero-order valence-corrected chi connectivity index (χ0v) is 25.4. The zero-order chi connectivity index (χ0) is 29.7. The molecule has 8 atom stereocenters. The molecule has 2 amide bonds. The van der Waals surface area contributed by atoms with Gasteiger partial charge in [0.2, 0.25) is 3.79 Å². The van der Waals surface area contributed by atoms with Crippen LogP contribution in [0.15, 0.2) is 54.3 Å². The number of ether oxygens (including phenoxy) is 2. The van der Waals surface area contributed by atoms with Gasteiger partial charge in [0.1, 0.15) is 12.4 Å². The zero-order valence-electron chi connectivity index (χ0n) is 23.2. The van der Waals surface area contributed by atoms with E-state index in [1.807, 2.05) is 11.0 Å². The molecule has 0 radical (unpaired) electrons. The number of alkyl halides is 5. The van der Waals surface area contributed by atoms with Crippen LogP contribution < -0.4 is 0 Å². The van der Waals surface area contributed by atoms with Crippen LogP contribution in [0.5, 0.6) is 0 Å². The van der Waals surface area contributed by atoms with Crippen molar-refractivity contribution < 1.29 is 27.8 Å². The van der Waals surface area contributed by atoms with Crippen LogP contribution >= 0.6 is 34.8 Å². The van der Waals surface area contributed by atoms with Gasteiger partial charge in [0.05, 0.1) is 7.11 Å². The van der Waals surface area contributed by atoms with Gasteiger partial charge >= 0.3 is 12.0 Å². The van der Waals surface area contributed by atoms with Gasteiger partial charge in [0, 0.05) is 30.7 Å². The van der Waals surface area contributed by atoms with E-state index in [9.17, 15) is 9.59 Å². The number of fused-ring (bicyclic) bond motifs is 1. The Bertz CT molecular complexity index is 1350. The first kappa shape index (κ1) is 28.7. The number of nitrogens with zero attached hydrogens (tertiary/aromatic N) is 2. The van der Waals surface area contributed by atoms with Crippen molar-refractivity contribution >= 4 is 46.8 Å². The number of halogens is 5. The van der Waals surface area contributed by atoms with Crippen molar-refractivity contribution in [2.24, 2.45) is 34.5 Å². The third kappa shape index (κ3) is 3.93. The van der Waals surface area contributed by atoms with Gasteiger partial charge in [0.15, 0.2) is 0 Å². The van der Waals surface area contributed by atoms with Gasteiger partial charge in [-0.05, 0) is 78.8 Å². The van der Waals surface area contributed by atoms with E-state index in [0.29, 0.717) is 25.8 Å². The van der Waals surface area contributed by atoms with Crippen LogP contribution in [0.3, 0.4) is 0 Å². The molecule has 0 aromatic heterocycles. The molecule has 2 saturated heterocycles. The molecule has 0 N–H and O–H groups in total. The fourth-order valence-corrected chi connectivity index (χ4v) is 10.5. The lowest BCUT2D eigenvalue weighted by Gasteiger charge is -2.70. The summed E-state index contributed by atoms with van der Waals surface area (Å²) in [5.74, 6) is -3.42. The fourth-order valence-electron chi connectivity index (χ4n) is 10.4. The average molecular weight is 642 g/mol. The van der Waals surface area contributed by atoms with Crippen molar-refractivity contribution in [3.05, 3.63) is 59.9 Å². The summed E-state index contributed by atoms with van der Waals surface area (Å²) in [5.41, 5.74) is -0.875. The normalized spacial score (nSPS) is 38.0. The SMILES string of the molecule is COC1=CC2C(C=C1)CC1N(C(=O)C(F)(F)c3ccccc3)CCC23C2C4CCC13C[C@@H]2CN4C(=O)OCC(Cl)(Cl)Cl. The number of benzene rings is 1. The van der Waals surface area contributed by atoms with Crippen molar-refractivity contribution in [1.82, 2.24) is 9.80 Å². The van der Waals surface area contributed by atoms with Crippen LogP contribution in [0.4, 0.5) is 13.6 Å². The van der Waals surface area contributed by atoms with Crippen molar-refractivity contribution in [3.63, 3.8) is 0 Å². The Labute approximate surface area is 258 Å². The van der Waals surface area contributed by atoms with E-state index in [2.05, 4.69) is 12.2 Å². The number of piperidine rings is 1. The van der Waals surface area contributed by atoms with Gasteiger partial charge in [0.25, 0.3) is 5.91 Å². The molecule has 7 unspecified atom stereocenters.